The number of morpholine rings is 1. The number of benzene rings is 3. The molecule has 3 aromatic carbocycles. The van der Waals surface area contributed by atoms with Crippen molar-refractivity contribution in [1.29, 1.82) is 0 Å². The summed E-state index contributed by atoms with van der Waals surface area (Å²) in [6.07, 6.45) is 0. The number of carbonyl (C=O) groups is 1. The molecule has 9 heteroatoms. The Kier molecular flexibility index (Phi) is 8.96. The van der Waals surface area contributed by atoms with E-state index in [2.05, 4.69) is 31.5 Å². The third kappa shape index (κ3) is 6.84. The fourth-order valence-corrected chi connectivity index (χ4v) is 4.77. The molecule has 1 aliphatic rings. The first-order valence-corrected chi connectivity index (χ1v) is 12.8. The van der Waals surface area contributed by atoms with E-state index in [1.165, 1.54) is 0 Å². The number of halogens is 2. The summed E-state index contributed by atoms with van der Waals surface area (Å²) in [5.41, 5.74) is 4.76. The predicted molar refractivity (Wildman–Crippen MR) is 148 cm³/mol. The lowest BCUT2D eigenvalue weighted by Gasteiger charge is -2.29. The van der Waals surface area contributed by atoms with Gasteiger partial charge in [0.2, 0.25) is 0 Å². The highest BCUT2D eigenvalue weighted by atomic mass is 79.9. The lowest BCUT2D eigenvalue weighted by molar-refractivity contribution is -0.118. The van der Waals surface area contributed by atoms with E-state index in [-0.39, 0.29) is 12.5 Å². The third-order valence-electron chi connectivity index (χ3n) is 5.77. The zero-order chi connectivity index (χ0) is 25.5. The van der Waals surface area contributed by atoms with Gasteiger partial charge < -0.3 is 29.7 Å². The van der Waals surface area contributed by atoms with Crippen molar-refractivity contribution >= 4 is 50.5 Å². The van der Waals surface area contributed by atoms with E-state index < -0.39 is 0 Å². The van der Waals surface area contributed by atoms with Gasteiger partial charge in [-0.2, -0.15) is 0 Å². The van der Waals surface area contributed by atoms with Crippen molar-refractivity contribution in [2.24, 2.45) is 0 Å². The van der Waals surface area contributed by atoms with Gasteiger partial charge in [-0.15, -0.1) is 0 Å². The summed E-state index contributed by atoms with van der Waals surface area (Å²) in [6, 6.07) is 17.4. The largest absolute Gasteiger partial charge is 0.493 e. The van der Waals surface area contributed by atoms with Crippen molar-refractivity contribution in [2.75, 3.05) is 55.6 Å². The smallest absolute Gasteiger partial charge is 0.262 e. The van der Waals surface area contributed by atoms with Gasteiger partial charge in [-0.3, -0.25) is 4.79 Å². The van der Waals surface area contributed by atoms with E-state index >= 15 is 0 Å². The molecule has 0 spiro atoms. The Labute approximate surface area is 224 Å². The van der Waals surface area contributed by atoms with Crippen molar-refractivity contribution in [3.05, 3.63) is 75.2 Å². The highest BCUT2D eigenvalue weighted by Gasteiger charge is 2.16. The first kappa shape index (κ1) is 26.1. The summed E-state index contributed by atoms with van der Waals surface area (Å²) >= 11 is 10.1. The van der Waals surface area contributed by atoms with Crippen LogP contribution in [0.2, 0.25) is 5.02 Å². The molecule has 0 unspecified atom stereocenters. The number of rotatable bonds is 9. The lowest BCUT2D eigenvalue weighted by Crippen LogP contribution is -2.36. The molecule has 0 aliphatic carbocycles. The van der Waals surface area contributed by atoms with Gasteiger partial charge in [0.15, 0.2) is 18.1 Å². The number of hydrogen-bond acceptors (Lipinski definition) is 6. The number of nitrogens with one attached hydrogen (secondary N) is 2. The number of carbonyl (C=O) groups excluding carboxylic acids is 1. The van der Waals surface area contributed by atoms with Crippen LogP contribution in [0.3, 0.4) is 0 Å². The Hall–Kier alpha value is -2.94. The molecular weight excluding hydrogens is 546 g/mol. The van der Waals surface area contributed by atoms with Crippen molar-refractivity contribution < 1.29 is 19.0 Å². The quantitative estimate of drug-likeness (QED) is 0.332. The Morgan fingerprint density at radius 3 is 2.50 bits per heavy atom. The molecule has 7 nitrogen and oxygen atoms in total. The fraction of sp³-hybridized carbons (Fsp3) is 0.296. The number of nitrogens with zero attached hydrogens (tertiary/aromatic N) is 1. The van der Waals surface area contributed by atoms with Gasteiger partial charge >= 0.3 is 0 Å². The summed E-state index contributed by atoms with van der Waals surface area (Å²) in [5.74, 6) is 0.749. The predicted octanol–water partition coefficient (Wildman–Crippen LogP) is 5.89. The maximum absolute atomic E-state index is 12.3. The molecule has 4 rings (SSSR count). The molecule has 0 saturated carbocycles. The van der Waals surface area contributed by atoms with Gasteiger partial charge in [0.25, 0.3) is 5.91 Å². The van der Waals surface area contributed by atoms with Gasteiger partial charge in [0.05, 0.1) is 35.5 Å². The average molecular weight is 575 g/mol. The highest BCUT2D eigenvalue weighted by Crippen LogP contribution is 2.37. The molecule has 1 aliphatic heterocycles. The second-order valence-electron chi connectivity index (χ2n) is 8.43. The molecule has 190 valence electrons. The number of methoxy groups -OCH3 is 1. The first-order chi connectivity index (χ1) is 17.4. The van der Waals surface area contributed by atoms with Crippen LogP contribution >= 0.6 is 27.5 Å². The monoisotopic (exact) mass is 573 g/mol. The number of aryl methyl sites for hydroxylation is 1. The molecule has 1 heterocycles. The highest BCUT2D eigenvalue weighted by molar-refractivity contribution is 9.10. The molecule has 1 amide bonds. The molecular formula is C27H29BrClN3O4. The standard InChI is InChI=1S/C27H29BrClN3O4/c1-18-3-5-20(6-4-18)31-26(33)17-36-27-22(28)13-19(14-25(27)34-2)16-30-21-7-8-24(23(29)15-21)32-9-11-35-12-10-32/h3-8,13-15,30H,9-12,16-17H2,1-2H3,(H,31,33). The second-order valence-corrected chi connectivity index (χ2v) is 9.69. The van der Waals surface area contributed by atoms with Gasteiger partial charge in [0.1, 0.15) is 0 Å². The van der Waals surface area contributed by atoms with E-state index in [9.17, 15) is 4.79 Å². The van der Waals surface area contributed by atoms with Crippen molar-refractivity contribution in [3.63, 3.8) is 0 Å². The Morgan fingerprint density at radius 1 is 1.08 bits per heavy atom. The Bertz CT molecular complexity index is 1200. The first-order valence-electron chi connectivity index (χ1n) is 11.6. The van der Waals surface area contributed by atoms with Gasteiger partial charge in [-0.1, -0.05) is 29.3 Å². The number of hydrogen-bond donors (Lipinski definition) is 2. The van der Waals surface area contributed by atoms with Crippen LogP contribution in [0.1, 0.15) is 11.1 Å². The molecule has 0 radical (unpaired) electrons. The van der Waals surface area contributed by atoms with Crippen LogP contribution in [-0.4, -0.2) is 45.9 Å². The average Bonchev–Trinajstić information content (AvgIpc) is 2.88. The molecule has 3 aromatic rings. The number of amides is 1. The zero-order valence-electron chi connectivity index (χ0n) is 20.3. The summed E-state index contributed by atoms with van der Waals surface area (Å²) < 4.78 is 17.4. The van der Waals surface area contributed by atoms with Gasteiger partial charge in [0, 0.05) is 31.0 Å². The van der Waals surface area contributed by atoms with Crippen molar-refractivity contribution in [1.82, 2.24) is 0 Å². The maximum Gasteiger partial charge on any atom is 0.262 e. The molecule has 0 atom stereocenters. The van der Waals surface area contributed by atoms with Gasteiger partial charge in [-0.25, -0.2) is 0 Å². The summed E-state index contributed by atoms with van der Waals surface area (Å²) in [4.78, 5) is 14.6. The van der Waals surface area contributed by atoms with Gasteiger partial charge in [-0.05, 0) is 70.9 Å². The van der Waals surface area contributed by atoms with Crippen LogP contribution in [0.25, 0.3) is 0 Å². The molecule has 1 fully saturated rings. The molecule has 0 aromatic heterocycles. The van der Waals surface area contributed by atoms with E-state index in [1.54, 1.807) is 7.11 Å². The number of anilines is 3. The Balaban J connectivity index is 1.36. The molecule has 1 saturated heterocycles. The maximum atomic E-state index is 12.3. The normalized spacial score (nSPS) is 13.3. The Morgan fingerprint density at radius 2 is 1.81 bits per heavy atom. The minimum absolute atomic E-state index is 0.144. The second kappa shape index (κ2) is 12.3. The van der Waals surface area contributed by atoms with Crippen LogP contribution in [0.5, 0.6) is 11.5 Å². The molecule has 2 N–H and O–H groups in total. The van der Waals surface area contributed by atoms with Crippen LogP contribution < -0.4 is 25.0 Å². The molecule has 0 bridgehead atoms. The SMILES string of the molecule is COc1cc(CNc2ccc(N3CCOCC3)c(Cl)c2)cc(Br)c1OCC(=O)Nc1ccc(C)cc1. The van der Waals surface area contributed by atoms with E-state index in [1.807, 2.05) is 61.5 Å². The summed E-state index contributed by atoms with van der Waals surface area (Å²) in [7, 11) is 1.57. The zero-order valence-corrected chi connectivity index (χ0v) is 22.6. The minimum Gasteiger partial charge on any atom is -0.493 e. The number of ether oxygens (including phenoxy) is 3. The summed E-state index contributed by atoms with van der Waals surface area (Å²) in [6.45, 7) is 5.50. The van der Waals surface area contributed by atoms with E-state index in [0.717, 1.165) is 41.3 Å². The van der Waals surface area contributed by atoms with E-state index in [0.29, 0.717) is 40.8 Å². The van der Waals surface area contributed by atoms with Crippen LogP contribution in [-0.2, 0) is 16.1 Å². The van der Waals surface area contributed by atoms with Crippen LogP contribution in [0, 0.1) is 6.92 Å². The molecule has 36 heavy (non-hydrogen) atoms. The topological polar surface area (TPSA) is 72.1 Å². The third-order valence-corrected chi connectivity index (χ3v) is 6.66. The van der Waals surface area contributed by atoms with E-state index in [4.69, 9.17) is 25.8 Å². The minimum atomic E-state index is -0.254. The summed E-state index contributed by atoms with van der Waals surface area (Å²) in [5, 5.41) is 6.93. The van der Waals surface area contributed by atoms with Crippen LogP contribution in [0.4, 0.5) is 17.1 Å². The van der Waals surface area contributed by atoms with Crippen LogP contribution in [0.15, 0.2) is 59.1 Å². The van der Waals surface area contributed by atoms with Crippen molar-refractivity contribution in [3.8, 4) is 11.5 Å². The lowest BCUT2D eigenvalue weighted by atomic mass is 10.2. The van der Waals surface area contributed by atoms with Crippen molar-refractivity contribution in [2.45, 2.75) is 13.5 Å². The fourth-order valence-electron chi connectivity index (χ4n) is 3.87.